The van der Waals surface area contributed by atoms with Crippen LogP contribution in [0.25, 0.3) is 0 Å². The SMILES string of the molecule is CCC(C(=O)O)C1CCN(C(=O)OC(C)(C)C)C1. The third-order valence-electron chi connectivity index (χ3n) is 3.20. The highest BCUT2D eigenvalue weighted by Gasteiger charge is 2.36. The highest BCUT2D eigenvalue weighted by atomic mass is 16.6. The Morgan fingerprint density at radius 1 is 1.44 bits per heavy atom. The molecule has 0 aromatic rings. The lowest BCUT2D eigenvalue weighted by Gasteiger charge is -2.25. The topological polar surface area (TPSA) is 66.8 Å². The molecule has 0 aromatic carbocycles. The van der Waals surface area contributed by atoms with Crippen LogP contribution in [0.15, 0.2) is 0 Å². The van der Waals surface area contributed by atoms with Gasteiger partial charge >= 0.3 is 12.1 Å². The number of carbonyl (C=O) groups is 2. The molecule has 1 heterocycles. The van der Waals surface area contributed by atoms with Crippen molar-refractivity contribution >= 4 is 12.1 Å². The van der Waals surface area contributed by atoms with Crippen LogP contribution in [0.1, 0.15) is 40.5 Å². The number of nitrogens with zero attached hydrogens (tertiary/aromatic N) is 1. The molecule has 5 nitrogen and oxygen atoms in total. The molecule has 2 unspecified atom stereocenters. The highest BCUT2D eigenvalue weighted by molar-refractivity contribution is 5.71. The number of amides is 1. The number of rotatable bonds is 3. The summed E-state index contributed by atoms with van der Waals surface area (Å²) < 4.78 is 5.28. The summed E-state index contributed by atoms with van der Waals surface area (Å²) in [6, 6.07) is 0. The summed E-state index contributed by atoms with van der Waals surface area (Å²) in [6.07, 6.45) is 0.997. The molecule has 0 radical (unpaired) electrons. The van der Waals surface area contributed by atoms with Crippen molar-refractivity contribution in [2.45, 2.75) is 46.1 Å². The van der Waals surface area contributed by atoms with E-state index in [1.54, 1.807) is 4.90 Å². The fourth-order valence-electron chi connectivity index (χ4n) is 2.32. The lowest BCUT2D eigenvalue weighted by Crippen LogP contribution is -2.36. The van der Waals surface area contributed by atoms with Gasteiger partial charge in [0.2, 0.25) is 0 Å². The Bertz CT molecular complexity index is 321. The molecule has 1 aliphatic rings. The van der Waals surface area contributed by atoms with Crippen LogP contribution in [0.5, 0.6) is 0 Å². The molecule has 0 bridgehead atoms. The zero-order valence-corrected chi connectivity index (χ0v) is 11.6. The van der Waals surface area contributed by atoms with E-state index < -0.39 is 11.6 Å². The van der Waals surface area contributed by atoms with E-state index in [4.69, 9.17) is 9.84 Å². The monoisotopic (exact) mass is 257 g/mol. The van der Waals surface area contributed by atoms with Gasteiger partial charge < -0.3 is 14.7 Å². The number of carboxylic acid groups (broad SMARTS) is 1. The van der Waals surface area contributed by atoms with E-state index in [1.807, 2.05) is 27.7 Å². The van der Waals surface area contributed by atoms with Crippen LogP contribution in [0.4, 0.5) is 4.79 Å². The number of aliphatic carboxylic acids is 1. The lowest BCUT2D eigenvalue weighted by atomic mass is 9.89. The molecule has 104 valence electrons. The summed E-state index contributed by atoms with van der Waals surface area (Å²) in [4.78, 5) is 24.5. The molecule has 0 spiro atoms. The van der Waals surface area contributed by atoms with Crippen LogP contribution < -0.4 is 0 Å². The molecule has 0 aromatic heterocycles. The van der Waals surface area contributed by atoms with Crippen molar-refractivity contribution in [2.75, 3.05) is 13.1 Å². The van der Waals surface area contributed by atoms with Crippen molar-refractivity contribution < 1.29 is 19.4 Å². The number of hydrogen-bond donors (Lipinski definition) is 1. The number of likely N-dealkylation sites (tertiary alicyclic amines) is 1. The van der Waals surface area contributed by atoms with Crippen molar-refractivity contribution in [3.05, 3.63) is 0 Å². The van der Waals surface area contributed by atoms with Crippen molar-refractivity contribution in [1.82, 2.24) is 4.90 Å². The second kappa shape index (κ2) is 5.59. The number of ether oxygens (including phenoxy) is 1. The Morgan fingerprint density at radius 2 is 2.06 bits per heavy atom. The average molecular weight is 257 g/mol. The number of carboxylic acids is 1. The van der Waals surface area contributed by atoms with E-state index in [0.29, 0.717) is 19.5 Å². The predicted octanol–water partition coefficient (Wildman–Crippen LogP) is 2.35. The maximum absolute atomic E-state index is 11.8. The standard InChI is InChI=1S/C13H23NO4/c1-5-10(11(15)16)9-6-7-14(8-9)12(17)18-13(2,3)4/h9-10H,5-8H2,1-4H3,(H,15,16). The first kappa shape index (κ1) is 14.8. The molecule has 2 atom stereocenters. The van der Waals surface area contributed by atoms with Gasteiger partial charge in [0.25, 0.3) is 0 Å². The Kier molecular flexibility index (Phi) is 4.59. The minimum atomic E-state index is -0.770. The molecule has 1 aliphatic heterocycles. The van der Waals surface area contributed by atoms with E-state index in [0.717, 1.165) is 6.42 Å². The zero-order valence-electron chi connectivity index (χ0n) is 11.6. The summed E-state index contributed by atoms with van der Waals surface area (Å²) in [6.45, 7) is 8.41. The fraction of sp³-hybridized carbons (Fsp3) is 0.846. The van der Waals surface area contributed by atoms with Gasteiger partial charge in [0, 0.05) is 13.1 Å². The van der Waals surface area contributed by atoms with E-state index in [1.165, 1.54) is 0 Å². The molecule has 0 aliphatic carbocycles. The third-order valence-corrected chi connectivity index (χ3v) is 3.20. The van der Waals surface area contributed by atoms with Gasteiger partial charge in [-0.15, -0.1) is 0 Å². The van der Waals surface area contributed by atoms with Gasteiger partial charge in [-0.3, -0.25) is 4.79 Å². The van der Waals surface area contributed by atoms with Crippen LogP contribution in [0.2, 0.25) is 0 Å². The van der Waals surface area contributed by atoms with E-state index in [-0.39, 0.29) is 17.9 Å². The summed E-state index contributed by atoms with van der Waals surface area (Å²) in [5.74, 6) is -1.09. The second-order valence-corrected chi connectivity index (χ2v) is 5.83. The first-order valence-electron chi connectivity index (χ1n) is 6.45. The molecule has 1 fully saturated rings. The minimum Gasteiger partial charge on any atom is -0.481 e. The molecule has 5 heteroatoms. The predicted molar refractivity (Wildman–Crippen MR) is 67.3 cm³/mol. The largest absolute Gasteiger partial charge is 0.481 e. The minimum absolute atomic E-state index is 0.0417. The van der Waals surface area contributed by atoms with Gasteiger partial charge in [0.05, 0.1) is 5.92 Å². The van der Waals surface area contributed by atoms with Gasteiger partial charge in [-0.2, -0.15) is 0 Å². The first-order valence-corrected chi connectivity index (χ1v) is 6.45. The van der Waals surface area contributed by atoms with Gasteiger partial charge in [-0.25, -0.2) is 4.79 Å². The molecular formula is C13H23NO4. The second-order valence-electron chi connectivity index (χ2n) is 5.83. The number of carbonyl (C=O) groups excluding carboxylic acids is 1. The van der Waals surface area contributed by atoms with Gasteiger partial charge in [0.1, 0.15) is 5.60 Å². The van der Waals surface area contributed by atoms with E-state index in [9.17, 15) is 9.59 Å². The van der Waals surface area contributed by atoms with E-state index in [2.05, 4.69) is 0 Å². The van der Waals surface area contributed by atoms with Crippen LogP contribution in [0.3, 0.4) is 0 Å². The summed E-state index contributed by atoms with van der Waals surface area (Å²) in [5.41, 5.74) is -0.508. The number of hydrogen-bond acceptors (Lipinski definition) is 3. The Labute approximate surface area is 108 Å². The smallest absolute Gasteiger partial charge is 0.410 e. The molecule has 18 heavy (non-hydrogen) atoms. The molecule has 0 saturated carbocycles. The Balaban J connectivity index is 2.55. The van der Waals surface area contributed by atoms with Crippen molar-refractivity contribution in [3.8, 4) is 0 Å². The summed E-state index contributed by atoms with van der Waals surface area (Å²) in [7, 11) is 0. The van der Waals surface area contributed by atoms with Gasteiger partial charge in [-0.05, 0) is 39.5 Å². The fourth-order valence-corrected chi connectivity index (χ4v) is 2.32. The van der Waals surface area contributed by atoms with Crippen LogP contribution in [-0.2, 0) is 9.53 Å². The van der Waals surface area contributed by atoms with Crippen LogP contribution >= 0.6 is 0 Å². The summed E-state index contributed by atoms with van der Waals surface area (Å²) >= 11 is 0. The zero-order chi connectivity index (χ0) is 13.9. The van der Waals surface area contributed by atoms with Gasteiger partial charge in [-0.1, -0.05) is 6.92 Å². The molecular weight excluding hydrogens is 234 g/mol. The molecule has 1 saturated heterocycles. The Morgan fingerprint density at radius 3 is 2.50 bits per heavy atom. The summed E-state index contributed by atoms with van der Waals surface area (Å²) in [5, 5.41) is 9.11. The molecule has 1 N–H and O–H groups in total. The lowest BCUT2D eigenvalue weighted by molar-refractivity contribution is -0.143. The van der Waals surface area contributed by atoms with Crippen molar-refractivity contribution in [1.29, 1.82) is 0 Å². The molecule has 1 amide bonds. The van der Waals surface area contributed by atoms with E-state index >= 15 is 0 Å². The quantitative estimate of drug-likeness (QED) is 0.842. The third kappa shape index (κ3) is 3.89. The van der Waals surface area contributed by atoms with Gasteiger partial charge in [0.15, 0.2) is 0 Å². The van der Waals surface area contributed by atoms with Crippen molar-refractivity contribution in [2.24, 2.45) is 11.8 Å². The molecule has 1 rings (SSSR count). The maximum Gasteiger partial charge on any atom is 0.410 e. The van der Waals surface area contributed by atoms with Crippen molar-refractivity contribution in [3.63, 3.8) is 0 Å². The normalized spacial score (nSPS) is 21.8. The average Bonchev–Trinajstić information content (AvgIpc) is 2.64. The van der Waals surface area contributed by atoms with Crippen LogP contribution in [-0.4, -0.2) is 40.8 Å². The van der Waals surface area contributed by atoms with Crippen LogP contribution in [0, 0.1) is 11.8 Å². The highest BCUT2D eigenvalue weighted by Crippen LogP contribution is 2.27. The maximum atomic E-state index is 11.8. The first-order chi connectivity index (χ1) is 8.24. The Hall–Kier alpha value is -1.26.